The van der Waals surface area contributed by atoms with Gasteiger partial charge in [0.05, 0.1) is 0 Å². The zero-order valence-corrected chi connectivity index (χ0v) is 9.46. The first-order valence-electron chi connectivity index (χ1n) is 5.29. The number of likely N-dealkylation sites (N-methyl/N-ethyl adjacent to an activating group) is 1. The molecule has 0 bridgehead atoms. The highest BCUT2D eigenvalue weighted by Gasteiger charge is 2.13. The second kappa shape index (κ2) is 4.50. The Kier molecular flexibility index (Phi) is 3.06. The Morgan fingerprint density at radius 2 is 2.24 bits per heavy atom. The molecule has 90 valence electrons. The minimum atomic E-state index is -1.13. The Hall–Kier alpha value is -1.95. The maximum absolute atomic E-state index is 11.6. The second-order valence-electron chi connectivity index (χ2n) is 3.98. The topological polar surface area (TPSA) is 75.4 Å². The van der Waals surface area contributed by atoms with Gasteiger partial charge in [0, 0.05) is 31.3 Å². The molecule has 6 heteroatoms. The van der Waals surface area contributed by atoms with Crippen molar-refractivity contribution < 1.29 is 9.90 Å². The zero-order valence-electron chi connectivity index (χ0n) is 9.46. The summed E-state index contributed by atoms with van der Waals surface area (Å²) in [6.07, 6.45) is 2.58. The van der Waals surface area contributed by atoms with Gasteiger partial charge < -0.3 is 10.0 Å². The Morgan fingerprint density at radius 1 is 1.47 bits per heavy atom. The molecule has 0 aliphatic carbocycles. The van der Waals surface area contributed by atoms with Crippen LogP contribution in [0.2, 0.25) is 0 Å². The van der Waals surface area contributed by atoms with Crippen LogP contribution in [0, 0.1) is 0 Å². The number of carboxylic acids is 1. The van der Waals surface area contributed by atoms with Crippen molar-refractivity contribution in [3.8, 4) is 0 Å². The standard InChI is InChI=1S/C11H13N3O3/c1-13-6-4-8(5-7-13)14-10(15)3-2-9(12-14)11(16)17/h2-4H,5-7H2,1H3,(H,16,17). The third-order valence-corrected chi connectivity index (χ3v) is 2.68. The van der Waals surface area contributed by atoms with Crippen LogP contribution < -0.4 is 5.56 Å². The van der Waals surface area contributed by atoms with Gasteiger partial charge in [-0.15, -0.1) is 0 Å². The lowest BCUT2D eigenvalue weighted by molar-refractivity contribution is 0.0688. The van der Waals surface area contributed by atoms with Gasteiger partial charge in [0.1, 0.15) is 0 Å². The van der Waals surface area contributed by atoms with E-state index in [9.17, 15) is 9.59 Å². The molecule has 0 unspecified atom stereocenters. The molecule has 1 aromatic heterocycles. The lowest BCUT2D eigenvalue weighted by Gasteiger charge is -2.22. The summed E-state index contributed by atoms with van der Waals surface area (Å²) < 4.78 is 1.18. The van der Waals surface area contributed by atoms with Crippen molar-refractivity contribution in [1.29, 1.82) is 0 Å². The zero-order chi connectivity index (χ0) is 12.4. The van der Waals surface area contributed by atoms with Gasteiger partial charge in [-0.2, -0.15) is 5.10 Å². The number of aromatic nitrogens is 2. The number of aromatic carboxylic acids is 1. The molecule has 2 heterocycles. The molecule has 0 spiro atoms. The normalized spacial score (nSPS) is 16.6. The predicted molar refractivity (Wildman–Crippen MR) is 61.8 cm³/mol. The van der Waals surface area contributed by atoms with Gasteiger partial charge in [0.2, 0.25) is 0 Å². The molecule has 0 fully saturated rings. The number of carboxylic acid groups (broad SMARTS) is 1. The van der Waals surface area contributed by atoms with Gasteiger partial charge in [0.15, 0.2) is 5.69 Å². The number of rotatable bonds is 2. The van der Waals surface area contributed by atoms with Crippen LogP contribution in [0.15, 0.2) is 23.0 Å². The Bertz CT molecular complexity index is 533. The summed E-state index contributed by atoms with van der Waals surface area (Å²) in [4.78, 5) is 24.5. The molecule has 1 aliphatic rings. The highest BCUT2D eigenvalue weighted by molar-refractivity contribution is 5.85. The van der Waals surface area contributed by atoms with E-state index in [-0.39, 0.29) is 11.3 Å². The van der Waals surface area contributed by atoms with Crippen molar-refractivity contribution >= 4 is 11.7 Å². The SMILES string of the molecule is CN1CC=C(n2nc(C(=O)O)ccc2=O)CC1. The van der Waals surface area contributed by atoms with Gasteiger partial charge >= 0.3 is 5.97 Å². The van der Waals surface area contributed by atoms with Gasteiger partial charge in [-0.1, -0.05) is 0 Å². The van der Waals surface area contributed by atoms with Crippen molar-refractivity contribution in [1.82, 2.24) is 14.7 Å². The van der Waals surface area contributed by atoms with Gasteiger partial charge in [-0.3, -0.25) is 4.79 Å². The maximum atomic E-state index is 11.6. The molecule has 17 heavy (non-hydrogen) atoms. The Labute approximate surface area is 97.8 Å². The molecule has 0 saturated carbocycles. The predicted octanol–water partition coefficient (Wildman–Crippen LogP) is 0.118. The van der Waals surface area contributed by atoms with Crippen LogP contribution in [0.3, 0.4) is 0 Å². The minimum Gasteiger partial charge on any atom is -0.476 e. The summed E-state index contributed by atoms with van der Waals surface area (Å²) in [7, 11) is 1.98. The van der Waals surface area contributed by atoms with E-state index >= 15 is 0 Å². The maximum Gasteiger partial charge on any atom is 0.356 e. The first kappa shape index (κ1) is 11.5. The van der Waals surface area contributed by atoms with E-state index in [4.69, 9.17) is 5.11 Å². The average Bonchev–Trinajstić information content (AvgIpc) is 2.31. The highest BCUT2D eigenvalue weighted by atomic mass is 16.4. The molecule has 0 amide bonds. The van der Waals surface area contributed by atoms with Crippen molar-refractivity contribution in [3.05, 3.63) is 34.3 Å². The van der Waals surface area contributed by atoms with E-state index in [2.05, 4.69) is 10.00 Å². The van der Waals surface area contributed by atoms with Crippen LogP contribution in [-0.2, 0) is 0 Å². The molecule has 0 radical (unpaired) electrons. The van der Waals surface area contributed by atoms with E-state index in [0.717, 1.165) is 18.8 Å². The van der Waals surface area contributed by atoms with Crippen LogP contribution in [0.4, 0.5) is 0 Å². The van der Waals surface area contributed by atoms with Crippen LogP contribution in [-0.4, -0.2) is 45.9 Å². The monoisotopic (exact) mass is 235 g/mol. The second-order valence-corrected chi connectivity index (χ2v) is 3.98. The fourth-order valence-electron chi connectivity index (χ4n) is 1.68. The quantitative estimate of drug-likeness (QED) is 0.787. The van der Waals surface area contributed by atoms with Crippen molar-refractivity contribution in [2.24, 2.45) is 0 Å². The van der Waals surface area contributed by atoms with E-state index in [1.807, 2.05) is 13.1 Å². The molecule has 0 saturated heterocycles. The molecular weight excluding hydrogens is 222 g/mol. The summed E-state index contributed by atoms with van der Waals surface area (Å²) in [5.74, 6) is -1.13. The molecule has 6 nitrogen and oxygen atoms in total. The average molecular weight is 235 g/mol. The summed E-state index contributed by atoms with van der Waals surface area (Å²) in [5.41, 5.74) is 0.339. The van der Waals surface area contributed by atoms with E-state index in [0.29, 0.717) is 6.42 Å². The van der Waals surface area contributed by atoms with Crippen LogP contribution in [0.25, 0.3) is 5.70 Å². The van der Waals surface area contributed by atoms with Crippen LogP contribution >= 0.6 is 0 Å². The van der Waals surface area contributed by atoms with E-state index < -0.39 is 5.97 Å². The third-order valence-electron chi connectivity index (χ3n) is 2.68. The lowest BCUT2D eigenvalue weighted by Crippen LogP contribution is -2.30. The molecular formula is C11H13N3O3. The fraction of sp³-hybridized carbons (Fsp3) is 0.364. The molecule has 1 N–H and O–H groups in total. The fourth-order valence-corrected chi connectivity index (χ4v) is 1.68. The number of nitrogens with zero attached hydrogens (tertiary/aromatic N) is 3. The number of hydrogen-bond donors (Lipinski definition) is 1. The van der Waals surface area contributed by atoms with Gasteiger partial charge in [0.25, 0.3) is 5.56 Å². The van der Waals surface area contributed by atoms with Crippen LogP contribution in [0.5, 0.6) is 0 Å². The van der Waals surface area contributed by atoms with Crippen molar-refractivity contribution in [3.63, 3.8) is 0 Å². The summed E-state index contributed by atoms with van der Waals surface area (Å²) in [6.45, 7) is 1.57. The largest absolute Gasteiger partial charge is 0.476 e. The number of carbonyl (C=O) groups is 1. The Morgan fingerprint density at radius 3 is 2.82 bits per heavy atom. The van der Waals surface area contributed by atoms with E-state index in [1.165, 1.54) is 16.8 Å². The first-order valence-corrected chi connectivity index (χ1v) is 5.29. The van der Waals surface area contributed by atoms with Crippen molar-refractivity contribution in [2.75, 3.05) is 20.1 Å². The lowest BCUT2D eigenvalue weighted by atomic mass is 10.2. The molecule has 1 aromatic rings. The van der Waals surface area contributed by atoms with Crippen LogP contribution in [0.1, 0.15) is 16.9 Å². The minimum absolute atomic E-state index is 0.121. The summed E-state index contributed by atoms with van der Waals surface area (Å²) in [6, 6.07) is 2.45. The molecule has 0 atom stereocenters. The third kappa shape index (κ3) is 2.42. The summed E-state index contributed by atoms with van der Waals surface area (Å²) >= 11 is 0. The first-order chi connectivity index (χ1) is 8.08. The molecule has 2 rings (SSSR count). The Balaban J connectivity index is 2.41. The molecule has 0 aromatic carbocycles. The van der Waals surface area contributed by atoms with Gasteiger partial charge in [-0.25, -0.2) is 9.48 Å². The number of hydrogen-bond acceptors (Lipinski definition) is 4. The highest BCUT2D eigenvalue weighted by Crippen LogP contribution is 2.11. The van der Waals surface area contributed by atoms with Crippen molar-refractivity contribution in [2.45, 2.75) is 6.42 Å². The van der Waals surface area contributed by atoms with Gasteiger partial charge in [-0.05, 0) is 19.2 Å². The van der Waals surface area contributed by atoms with E-state index in [1.54, 1.807) is 0 Å². The smallest absolute Gasteiger partial charge is 0.356 e. The summed E-state index contributed by atoms with van der Waals surface area (Å²) in [5, 5.41) is 12.7. The molecule has 1 aliphatic heterocycles.